The van der Waals surface area contributed by atoms with Gasteiger partial charge >= 0.3 is 6.09 Å². The minimum absolute atomic E-state index is 0.159. The highest BCUT2D eigenvalue weighted by Crippen LogP contribution is 2.38. The number of anilines is 2. The van der Waals surface area contributed by atoms with Crippen LogP contribution >= 0.6 is 23.1 Å². The van der Waals surface area contributed by atoms with E-state index in [1.807, 2.05) is 0 Å². The molecule has 1 aliphatic heterocycles. The van der Waals surface area contributed by atoms with Gasteiger partial charge in [-0.25, -0.2) is 4.79 Å². The first-order valence-corrected chi connectivity index (χ1v) is 9.08. The van der Waals surface area contributed by atoms with Crippen LogP contribution in [0.15, 0.2) is 34.8 Å². The average molecular weight is 378 g/mol. The number of nitrogens with one attached hydrogen (secondary N) is 3. The number of imide groups is 1. The van der Waals surface area contributed by atoms with Crippen molar-refractivity contribution >= 4 is 51.7 Å². The number of carbonyl (C=O) groups is 3. The summed E-state index contributed by atoms with van der Waals surface area (Å²) >= 11 is 2.54. The standard InChI is InChI=1S/C15H14N4O4S2/c1-2-23-15(22)19-11(20)8-4-6-24-13(8)18-12(21)14-17-9-3-5-16-7-10(9)25-14/h3-7,14,17H,2H2,1H3,(H,18,21)(H,19,20,22). The highest BCUT2D eigenvalue weighted by Gasteiger charge is 2.29. The molecule has 0 radical (unpaired) electrons. The van der Waals surface area contributed by atoms with Crippen LogP contribution in [0.4, 0.5) is 15.5 Å². The lowest BCUT2D eigenvalue weighted by Crippen LogP contribution is -2.32. The summed E-state index contributed by atoms with van der Waals surface area (Å²) in [4.78, 5) is 40.8. The fraction of sp³-hybridized carbons (Fsp3) is 0.200. The molecule has 10 heteroatoms. The fourth-order valence-electron chi connectivity index (χ4n) is 2.10. The number of pyridine rings is 1. The van der Waals surface area contributed by atoms with Gasteiger partial charge in [-0.05, 0) is 24.4 Å². The number of amides is 3. The zero-order valence-corrected chi connectivity index (χ0v) is 14.7. The summed E-state index contributed by atoms with van der Waals surface area (Å²) in [5.74, 6) is -0.927. The zero-order valence-electron chi connectivity index (χ0n) is 13.1. The molecule has 0 aromatic carbocycles. The minimum atomic E-state index is -0.827. The summed E-state index contributed by atoms with van der Waals surface area (Å²) in [5, 5.41) is 9.40. The van der Waals surface area contributed by atoms with Gasteiger partial charge in [0.2, 0.25) is 0 Å². The van der Waals surface area contributed by atoms with Gasteiger partial charge in [-0.3, -0.25) is 19.9 Å². The lowest BCUT2D eigenvalue weighted by Gasteiger charge is -2.11. The second-order valence-corrected chi connectivity index (χ2v) is 6.90. The number of nitrogens with zero attached hydrogens (tertiary/aromatic N) is 1. The maximum absolute atomic E-state index is 12.4. The number of hydrogen-bond donors (Lipinski definition) is 3. The van der Waals surface area contributed by atoms with Crippen LogP contribution in [0, 0.1) is 0 Å². The summed E-state index contributed by atoms with van der Waals surface area (Å²) in [6, 6.07) is 3.32. The Kier molecular flexibility index (Phi) is 5.19. The van der Waals surface area contributed by atoms with Crippen LogP contribution in [0.5, 0.6) is 0 Å². The molecule has 1 aliphatic rings. The van der Waals surface area contributed by atoms with Crippen molar-refractivity contribution in [1.29, 1.82) is 0 Å². The third-order valence-corrected chi connectivity index (χ3v) is 5.17. The van der Waals surface area contributed by atoms with E-state index in [1.54, 1.807) is 30.8 Å². The van der Waals surface area contributed by atoms with Crippen LogP contribution in [-0.4, -0.2) is 34.9 Å². The maximum Gasteiger partial charge on any atom is 0.414 e. The Morgan fingerprint density at radius 3 is 2.96 bits per heavy atom. The van der Waals surface area contributed by atoms with E-state index in [9.17, 15) is 14.4 Å². The third kappa shape index (κ3) is 3.91. The quantitative estimate of drug-likeness (QED) is 0.750. The predicted molar refractivity (Wildman–Crippen MR) is 94.9 cm³/mol. The van der Waals surface area contributed by atoms with Gasteiger partial charge in [0.25, 0.3) is 11.8 Å². The van der Waals surface area contributed by atoms with Crippen molar-refractivity contribution in [3.8, 4) is 0 Å². The Bertz CT molecular complexity index is 798. The molecule has 0 fully saturated rings. The van der Waals surface area contributed by atoms with Crippen molar-refractivity contribution in [2.24, 2.45) is 0 Å². The predicted octanol–water partition coefficient (Wildman–Crippen LogP) is 2.51. The molecular formula is C15H14N4O4S2. The second kappa shape index (κ2) is 7.53. The molecule has 8 nitrogen and oxygen atoms in total. The topological polar surface area (TPSA) is 109 Å². The number of fused-ring (bicyclic) bond motifs is 1. The molecule has 25 heavy (non-hydrogen) atoms. The number of rotatable bonds is 4. The van der Waals surface area contributed by atoms with Gasteiger partial charge in [0.15, 0.2) is 5.37 Å². The summed E-state index contributed by atoms with van der Waals surface area (Å²) in [6.45, 7) is 1.80. The number of alkyl carbamates (subject to hydrolysis) is 1. The van der Waals surface area contributed by atoms with Gasteiger partial charge in [-0.2, -0.15) is 0 Å². The van der Waals surface area contributed by atoms with E-state index in [0.29, 0.717) is 5.00 Å². The van der Waals surface area contributed by atoms with Crippen LogP contribution < -0.4 is 16.0 Å². The molecule has 0 saturated carbocycles. The van der Waals surface area contributed by atoms with E-state index < -0.39 is 17.4 Å². The Balaban J connectivity index is 1.64. The molecule has 1 unspecified atom stereocenters. The summed E-state index contributed by atoms with van der Waals surface area (Å²) in [7, 11) is 0. The van der Waals surface area contributed by atoms with E-state index in [2.05, 4.69) is 25.7 Å². The van der Waals surface area contributed by atoms with Gasteiger partial charge in [0.1, 0.15) is 5.00 Å². The average Bonchev–Trinajstić information content (AvgIpc) is 3.21. The van der Waals surface area contributed by atoms with Gasteiger partial charge in [-0.15, -0.1) is 11.3 Å². The van der Waals surface area contributed by atoms with Crippen LogP contribution in [0.25, 0.3) is 0 Å². The van der Waals surface area contributed by atoms with Gasteiger partial charge in [0, 0.05) is 12.4 Å². The van der Waals surface area contributed by atoms with Gasteiger partial charge in [0.05, 0.1) is 22.8 Å². The third-order valence-electron chi connectivity index (χ3n) is 3.19. The van der Waals surface area contributed by atoms with E-state index in [-0.39, 0.29) is 18.1 Å². The molecular weight excluding hydrogens is 364 g/mol. The summed E-state index contributed by atoms with van der Waals surface area (Å²) in [5.41, 5.74) is 1.04. The Morgan fingerprint density at radius 1 is 1.36 bits per heavy atom. The van der Waals surface area contributed by atoms with Crippen LogP contribution in [0.3, 0.4) is 0 Å². The normalized spacial score (nSPS) is 15.0. The van der Waals surface area contributed by atoms with Gasteiger partial charge < -0.3 is 15.4 Å². The Hall–Kier alpha value is -2.59. The van der Waals surface area contributed by atoms with Crippen LogP contribution in [0.2, 0.25) is 0 Å². The van der Waals surface area contributed by atoms with Crippen molar-refractivity contribution in [3.05, 3.63) is 35.5 Å². The SMILES string of the molecule is CCOC(=O)NC(=O)c1ccsc1NC(=O)C1Nc2ccncc2S1. The van der Waals surface area contributed by atoms with Crippen molar-refractivity contribution in [3.63, 3.8) is 0 Å². The van der Waals surface area contributed by atoms with Crippen molar-refractivity contribution in [1.82, 2.24) is 10.3 Å². The molecule has 0 saturated heterocycles. The van der Waals surface area contributed by atoms with E-state index >= 15 is 0 Å². The summed E-state index contributed by atoms with van der Waals surface area (Å²) < 4.78 is 4.67. The zero-order chi connectivity index (χ0) is 17.8. The van der Waals surface area contributed by atoms with Crippen molar-refractivity contribution in [2.75, 3.05) is 17.2 Å². The Labute approximate surface area is 151 Å². The minimum Gasteiger partial charge on any atom is -0.450 e. The first-order valence-electron chi connectivity index (χ1n) is 7.32. The van der Waals surface area contributed by atoms with Crippen LogP contribution in [-0.2, 0) is 9.53 Å². The molecule has 0 aliphatic carbocycles. The molecule has 3 rings (SSSR count). The first kappa shape index (κ1) is 17.2. The first-order chi connectivity index (χ1) is 12.1. The van der Waals surface area contributed by atoms with E-state index in [1.165, 1.54) is 29.2 Å². The molecule has 130 valence electrons. The lowest BCUT2D eigenvalue weighted by atomic mass is 10.3. The molecule has 0 spiro atoms. The van der Waals surface area contributed by atoms with Crippen LogP contribution in [0.1, 0.15) is 17.3 Å². The highest BCUT2D eigenvalue weighted by atomic mass is 32.2. The number of thiophene rings is 1. The maximum atomic E-state index is 12.4. The lowest BCUT2D eigenvalue weighted by molar-refractivity contribution is -0.115. The molecule has 2 aromatic heterocycles. The number of aromatic nitrogens is 1. The Morgan fingerprint density at radius 2 is 2.20 bits per heavy atom. The molecule has 3 N–H and O–H groups in total. The highest BCUT2D eigenvalue weighted by molar-refractivity contribution is 8.01. The number of hydrogen-bond acceptors (Lipinski definition) is 8. The number of ether oxygens (including phenoxy) is 1. The molecule has 1 atom stereocenters. The largest absolute Gasteiger partial charge is 0.450 e. The fourth-order valence-corrected chi connectivity index (χ4v) is 3.87. The number of carbonyl (C=O) groups excluding carboxylic acids is 3. The van der Waals surface area contributed by atoms with Gasteiger partial charge in [-0.1, -0.05) is 11.8 Å². The molecule has 3 amide bonds. The monoisotopic (exact) mass is 378 g/mol. The van der Waals surface area contributed by atoms with Crippen molar-refractivity contribution in [2.45, 2.75) is 17.2 Å². The van der Waals surface area contributed by atoms with E-state index in [0.717, 1.165) is 10.6 Å². The van der Waals surface area contributed by atoms with Crippen molar-refractivity contribution < 1.29 is 19.1 Å². The smallest absolute Gasteiger partial charge is 0.414 e. The molecule has 0 bridgehead atoms. The number of thioether (sulfide) groups is 1. The van der Waals surface area contributed by atoms with E-state index in [4.69, 9.17) is 0 Å². The summed E-state index contributed by atoms with van der Waals surface area (Å²) in [6.07, 6.45) is 2.50. The second-order valence-electron chi connectivity index (χ2n) is 4.84. The molecule has 3 heterocycles. The molecule has 2 aromatic rings.